The highest BCUT2D eigenvalue weighted by atomic mass is 16.5. The summed E-state index contributed by atoms with van der Waals surface area (Å²) in [5.74, 6) is 2.25. The van der Waals surface area contributed by atoms with E-state index >= 15 is 0 Å². The molecular weight excluding hydrogens is 254 g/mol. The number of H-pyrrole nitrogens is 1. The monoisotopic (exact) mass is 275 g/mol. The van der Waals surface area contributed by atoms with Crippen molar-refractivity contribution in [3.8, 4) is 22.8 Å². The number of nitrogens with two attached hydrogens (primary N) is 1. The predicted molar refractivity (Wildman–Crippen MR) is 79.0 cm³/mol. The number of ether oxygens (including phenoxy) is 2. The lowest BCUT2D eigenvalue weighted by Crippen LogP contribution is -2.33. The Hall–Kier alpha value is -2.01. The number of aromatic amines is 1. The van der Waals surface area contributed by atoms with E-state index < -0.39 is 5.54 Å². The topological polar surface area (TPSA) is 73.2 Å². The van der Waals surface area contributed by atoms with Crippen molar-refractivity contribution in [2.75, 3.05) is 14.2 Å². The maximum absolute atomic E-state index is 6.20. The predicted octanol–water partition coefficient (Wildman–Crippen LogP) is 2.68. The molecule has 20 heavy (non-hydrogen) atoms. The number of methoxy groups -OCH3 is 2. The first-order valence-electron chi connectivity index (χ1n) is 6.58. The third-order valence-electron chi connectivity index (χ3n) is 3.55. The number of nitrogens with one attached hydrogen (secondary N) is 1. The Balaban J connectivity index is 2.42. The molecule has 3 N–H and O–H groups in total. The first kappa shape index (κ1) is 14.4. The van der Waals surface area contributed by atoms with Crippen molar-refractivity contribution in [1.82, 2.24) is 9.97 Å². The zero-order chi connectivity index (χ0) is 14.8. The van der Waals surface area contributed by atoms with Crippen molar-refractivity contribution >= 4 is 0 Å². The Morgan fingerprint density at radius 1 is 1.30 bits per heavy atom. The fourth-order valence-electron chi connectivity index (χ4n) is 1.94. The van der Waals surface area contributed by atoms with Crippen LogP contribution in [0.25, 0.3) is 11.3 Å². The third kappa shape index (κ3) is 2.63. The van der Waals surface area contributed by atoms with Gasteiger partial charge in [-0.05, 0) is 25.5 Å². The number of hydrogen-bond acceptors (Lipinski definition) is 4. The van der Waals surface area contributed by atoms with Gasteiger partial charge < -0.3 is 20.2 Å². The summed E-state index contributed by atoms with van der Waals surface area (Å²) in [6.45, 7) is 4.00. The first-order valence-corrected chi connectivity index (χ1v) is 6.58. The normalized spacial score (nSPS) is 13.8. The van der Waals surface area contributed by atoms with E-state index in [1.807, 2.05) is 32.0 Å². The molecule has 1 aromatic carbocycles. The smallest absolute Gasteiger partial charge is 0.131 e. The van der Waals surface area contributed by atoms with Gasteiger partial charge >= 0.3 is 0 Å². The summed E-state index contributed by atoms with van der Waals surface area (Å²) < 4.78 is 10.6. The average molecular weight is 275 g/mol. The van der Waals surface area contributed by atoms with Gasteiger partial charge in [0, 0.05) is 11.6 Å². The molecule has 5 nitrogen and oxygen atoms in total. The molecule has 5 heteroatoms. The van der Waals surface area contributed by atoms with Crippen molar-refractivity contribution < 1.29 is 9.47 Å². The Labute approximate surface area is 119 Å². The van der Waals surface area contributed by atoms with E-state index in [9.17, 15) is 0 Å². The molecule has 0 saturated heterocycles. The van der Waals surface area contributed by atoms with E-state index in [0.717, 1.165) is 35.0 Å². The second-order valence-corrected chi connectivity index (χ2v) is 4.98. The highest BCUT2D eigenvalue weighted by molar-refractivity contribution is 5.68. The molecule has 0 fully saturated rings. The number of aromatic nitrogens is 2. The second kappa shape index (κ2) is 5.54. The number of rotatable bonds is 5. The standard InChI is InChI=1S/C15H21N3O2/c1-5-15(2,16)14-17-9-12(18-14)11-7-6-10(19-3)8-13(11)20-4/h6-9H,5,16H2,1-4H3,(H,17,18). The molecular formula is C15H21N3O2. The van der Waals surface area contributed by atoms with Crippen LogP contribution in [0.2, 0.25) is 0 Å². The van der Waals surface area contributed by atoms with Crippen LogP contribution >= 0.6 is 0 Å². The van der Waals surface area contributed by atoms with Crippen molar-refractivity contribution in [2.24, 2.45) is 5.73 Å². The number of hydrogen-bond donors (Lipinski definition) is 2. The molecule has 1 heterocycles. The van der Waals surface area contributed by atoms with Gasteiger partial charge in [0.05, 0.1) is 31.6 Å². The molecule has 108 valence electrons. The van der Waals surface area contributed by atoms with E-state index in [0.29, 0.717) is 0 Å². The van der Waals surface area contributed by atoms with Crippen LogP contribution in [0.3, 0.4) is 0 Å². The van der Waals surface area contributed by atoms with Crippen LogP contribution < -0.4 is 15.2 Å². The quantitative estimate of drug-likeness (QED) is 0.880. The van der Waals surface area contributed by atoms with Gasteiger partial charge in [-0.2, -0.15) is 0 Å². The van der Waals surface area contributed by atoms with Crippen LogP contribution in [0.15, 0.2) is 24.4 Å². The number of benzene rings is 1. The average Bonchev–Trinajstić information content (AvgIpc) is 2.96. The molecule has 0 aliphatic carbocycles. The Bertz CT molecular complexity index is 591. The molecule has 0 amide bonds. The third-order valence-corrected chi connectivity index (χ3v) is 3.55. The van der Waals surface area contributed by atoms with E-state index in [1.165, 1.54) is 0 Å². The van der Waals surface area contributed by atoms with Crippen LogP contribution in [-0.2, 0) is 5.54 Å². The van der Waals surface area contributed by atoms with E-state index in [-0.39, 0.29) is 0 Å². The number of imidazole rings is 1. The minimum absolute atomic E-state index is 0.460. The lowest BCUT2D eigenvalue weighted by molar-refractivity contribution is 0.395. The number of nitrogens with zero attached hydrogens (tertiary/aromatic N) is 1. The molecule has 1 unspecified atom stereocenters. The van der Waals surface area contributed by atoms with Gasteiger partial charge in [-0.15, -0.1) is 0 Å². The molecule has 2 rings (SSSR count). The highest BCUT2D eigenvalue weighted by Crippen LogP contribution is 2.33. The largest absolute Gasteiger partial charge is 0.497 e. The van der Waals surface area contributed by atoms with Gasteiger partial charge in [-0.25, -0.2) is 4.98 Å². The molecule has 0 bridgehead atoms. The van der Waals surface area contributed by atoms with Gasteiger partial charge in [0.1, 0.15) is 17.3 Å². The van der Waals surface area contributed by atoms with Crippen molar-refractivity contribution in [3.63, 3.8) is 0 Å². The van der Waals surface area contributed by atoms with Crippen LogP contribution in [0, 0.1) is 0 Å². The van der Waals surface area contributed by atoms with Crippen LogP contribution in [0.1, 0.15) is 26.1 Å². The molecule has 0 aliphatic heterocycles. The molecule has 0 radical (unpaired) electrons. The summed E-state index contributed by atoms with van der Waals surface area (Å²) >= 11 is 0. The zero-order valence-corrected chi connectivity index (χ0v) is 12.4. The Morgan fingerprint density at radius 3 is 2.65 bits per heavy atom. The van der Waals surface area contributed by atoms with Crippen molar-refractivity contribution in [1.29, 1.82) is 0 Å². The summed E-state index contributed by atoms with van der Waals surface area (Å²) in [6, 6.07) is 5.67. The van der Waals surface area contributed by atoms with Gasteiger partial charge in [0.2, 0.25) is 0 Å². The van der Waals surface area contributed by atoms with Gasteiger partial charge in [0.25, 0.3) is 0 Å². The SMILES string of the molecule is CCC(C)(N)c1ncc(-c2ccc(OC)cc2OC)[nH]1. The first-order chi connectivity index (χ1) is 9.51. The maximum Gasteiger partial charge on any atom is 0.131 e. The maximum atomic E-state index is 6.20. The summed E-state index contributed by atoms with van der Waals surface area (Å²) in [6.07, 6.45) is 2.58. The van der Waals surface area contributed by atoms with Gasteiger partial charge in [0.15, 0.2) is 0 Å². The summed E-state index contributed by atoms with van der Waals surface area (Å²) in [4.78, 5) is 7.66. The van der Waals surface area contributed by atoms with Crippen LogP contribution in [0.5, 0.6) is 11.5 Å². The lowest BCUT2D eigenvalue weighted by Gasteiger charge is -2.19. The van der Waals surface area contributed by atoms with Crippen LogP contribution in [0.4, 0.5) is 0 Å². The van der Waals surface area contributed by atoms with E-state index in [1.54, 1.807) is 20.4 Å². The zero-order valence-electron chi connectivity index (χ0n) is 12.4. The minimum Gasteiger partial charge on any atom is -0.497 e. The Morgan fingerprint density at radius 2 is 2.05 bits per heavy atom. The molecule has 0 spiro atoms. The fourth-order valence-corrected chi connectivity index (χ4v) is 1.94. The summed E-state index contributed by atoms with van der Waals surface area (Å²) in [5.41, 5.74) is 7.55. The van der Waals surface area contributed by atoms with Crippen molar-refractivity contribution in [3.05, 3.63) is 30.2 Å². The second-order valence-electron chi connectivity index (χ2n) is 4.98. The minimum atomic E-state index is -0.460. The highest BCUT2D eigenvalue weighted by Gasteiger charge is 2.23. The van der Waals surface area contributed by atoms with E-state index in [2.05, 4.69) is 9.97 Å². The molecule has 0 aliphatic rings. The summed E-state index contributed by atoms with van der Waals surface area (Å²) in [7, 11) is 3.26. The van der Waals surface area contributed by atoms with Crippen LogP contribution in [-0.4, -0.2) is 24.2 Å². The summed E-state index contributed by atoms with van der Waals surface area (Å²) in [5, 5.41) is 0. The van der Waals surface area contributed by atoms with E-state index in [4.69, 9.17) is 15.2 Å². The fraction of sp³-hybridized carbons (Fsp3) is 0.400. The van der Waals surface area contributed by atoms with Gasteiger partial charge in [-0.1, -0.05) is 6.92 Å². The van der Waals surface area contributed by atoms with Crippen molar-refractivity contribution in [2.45, 2.75) is 25.8 Å². The molecule has 1 atom stereocenters. The molecule has 0 saturated carbocycles. The lowest BCUT2D eigenvalue weighted by atomic mass is 10.00. The Kier molecular flexibility index (Phi) is 3.99. The van der Waals surface area contributed by atoms with Gasteiger partial charge in [-0.3, -0.25) is 0 Å². The molecule has 2 aromatic rings. The molecule has 1 aromatic heterocycles.